The molecule has 0 radical (unpaired) electrons. The van der Waals surface area contributed by atoms with Crippen molar-refractivity contribution < 1.29 is 4.74 Å². The van der Waals surface area contributed by atoms with Gasteiger partial charge in [-0.25, -0.2) is 0 Å². The van der Waals surface area contributed by atoms with Crippen LogP contribution in [0.25, 0.3) is 0 Å². The van der Waals surface area contributed by atoms with Gasteiger partial charge in [-0.1, -0.05) is 30.3 Å². The maximum absolute atomic E-state index is 5.06. The molecule has 2 atom stereocenters. The first-order valence-corrected chi connectivity index (χ1v) is 5.54. The molecule has 0 saturated heterocycles. The van der Waals surface area contributed by atoms with Gasteiger partial charge in [0.25, 0.3) is 0 Å². The van der Waals surface area contributed by atoms with Gasteiger partial charge in [0.2, 0.25) is 0 Å². The van der Waals surface area contributed by atoms with Crippen molar-refractivity contribution in [3.8, 4) is 0 Å². The Morgan fingerprint density at radius 3 is 2.47 bits per heavy atom. The van der Waals surface area contributed by atoms with E-state index in [1.54, 1.807) is 7.11 Å². The van der Waals surface area contributed by atoms with Crippen LogP contribution < -0.4 is 5.32 Å². The van der Waals surface area contributed by atoms with E-state index in [-0.39, 0.29) is 0 Å². The van der Waals surface area contributed by atoms with Crippen molar-refractivity contribution in [2.24, 2.45) is 0 Å². The second-order valence-corrected chi connectivity index (χ2v) is 3.98. The average molecular weight is 207 g/mol. The normalized spacial score (nSPS) is 14.9. The van der Waals surface area contributed by atoms with E-state index < -0.39 is 0 Å². The minimum Gasteiger partial charge on any atom is -0.385 e. The number of methoxy groups -OCH3 is 1. The van der Waals surface area contributed by atoms with Crippen LogP contribution in [-0.4, -0.2) is 19.8 Å². The molecule has 1 aromatic rings. The van der Waals surface area contributed by atoms with Crippen molar-refractivity contribution in [1.29, 1.82) is 0 Å². The Balaban J connectivity index is 2.38. The molecule has 1 rings (SSSR count). The van der Waals surface area contributed by atoms with Gasteiger partial charge in [-0.3, -0.25) is 0 Å². The first kappa shape index (κ1) is 12.2. The lowest BCUT2D eigenvalue weighted by Gasteiger charge is -2.20. The summed E-state index contributed by atoms with van der Waals surface area (Å²) in [5.41, 5.74) is 1.33. The Bertz CT molecular complexity index is 260. The molecule has 2 heteroatoms. The van der Waals surface area contributed by atoms with Crippen molar-refractivity contribution in [3.63, 3.8) is 0 Å². The van der Waals surface area contributed by atoms with Crippen LogP contribution in [0.15, 0.2) is 30.3 Å². The second kappa shape index (κ2) is 6.59. The number of hydrogen-bond acceptors (Lipinski definition) is 2. The van der Waals surface area contributed by atoms with Crippen LogP contribution in [0.1, 0.15) is 31.9 Å². The van der Waals surface area contributed by atoms with Gasteiger partial charge in [0.15, 0.2) is 0 Å². The molecule has 2 nitrogen and oxygen atoms in total. The highest BCUT2D eigenvalue weighted by Gasteiger charge is 2.08. The Kier molecular flexibility index (Phi) is 5.37. The van der Waals surface area contributed by atoms with Crippen LogP contribution in [0.4, 0.5) is 0 Å². The van der Waals surface area contributed by atoms with Gasteiger partial charge in [-0.05, 0) is 25.8 Å². The average Bonchev–Trinajstić information content (AvgIpc) is 2.27. The summed E-state index contributed by atoms with van der Waals surface area (Å²) < 4.78 is 5.06. The van der Waals surface area contributed by atoms with Gasteiger partial charge in [0.1, 0.15) is 0 Å². The van der Waals surface area contributed by atoms with Crippen LogP contribution in [0.3, 0.4) is 0 Å². The van der Waals surface area contributed by atoms with Crippen LogP contribution >= 0.6 is 0 Å². The molecule has 15 heavy (non-hydrogen) atoms. The molecule has 0 aliphatic rings. The first-order chi connectivity index (χ1) is 7.24. The molecule has 1 aromatic carbocycles. The monoisotopic (exact) mass is 207 g/mol. The number of benzene rings is 1. The van der Waals surface area contributed by atoms with Crippen molar-refractivity contribution in [2.45, 2.75) is 32.4 Å². The van der Waals surface area contributed by atoms with Crippen molar-refractivity contribution >= 4 is 0 Å². The Labute approximate surface area is 92.6 Å². The van der Waals surface area contributed by atoms with Crippen LogP contribution in [0.2, 0.25) is 0 Å². The molecular formula is C13H21NO. The minimum atomic E-state index is 0.401. The lowest BCUT2D eigenvalue weighted by molar-refractivity contribution is 0.183. The highest BCUT2D eigenvalue weighted by atomic mass is 16.5. The molecule has 0 aliphatic carbocycles. The van der Waals surface area contributed by atoms with Crippen LogP contribution in [0.5, 0.6) is 0 Å². The third kappa shape index (κ3) is 4.45. The van der Waals surface area contributed by atoms with Gasteiger partial charge in [-0.15, -0.1) is 0 Å². The summed E-state index contributed by atoms with van der Waals surface area (Å²) in [6, 6.07) is 11.4. The largest absolute Gasteiger partial charge is 0.385 e. The molecule has 1 unspecified atom stereocenters. The zero-order chi connectivity index (χ0) is 11.1. The third-order valence-electron chi connectivity index (χ3n) is 2.59. The fourth-order valence-corrected chi connectivity index (χ4v) is 1.64. The molecular weight excluding hydrogens is 186 g/mol. The predicted molar refractivity (Wildman–Crippen MR) is 63.9 cm³/mol. The Hall–Kier alpha value is -0.860. The standard InChI is InChI=1S/C13H21NO/c1-11(9-10-15-3)14-12(2)13-7-5-4-6-8-13/h4-8,11-12,14H,9-10H2,1-3H3/t11?,12-/m1/s1. The maximum atomic E-state index is 5.06. The number of rotatable bonds is 6. The van der Waals surface area contributed by atoms with E-state index in [9.17, 15) is 0 Å². The smallest absolute Gasteiger partial charge is 0.0476 e. The predicted octanol–water partition coefficient (Wildman–Crippen LogP) is 2.76. The van der Waals surface area contributed by atoms with E-state index in [1.165, 1.54) is 5.56 Å². The summed E-state index contributed by atoms with van der Waals surface area (Å²) in [5.74, 6) is 0. The number of hydrogen-bond donors (Lipinski definition) is 1. The van der Waals surface area contributed by atoms with Crippen molar-refractivity contribution in [2.75, 3.05) is 13.7 Å². The molecule has 0 aliphatic heterocycles. The number of ether oxygens (including phenoxy) is 1. The van der Waals surface area contributed by atoms with Gasteiger partial charge < -0.3 is 10.1 Å². The Morgan fingerprint density at radius 1 is 1.20 bits per heavy atom. The summed E-state index contributed by atoms with van der Waals surface area (Å²) in [6.07, 6.45) is 1.05. The molecule has 0 saturated carbocycles. The number of nitrogens with one attached hydrogen (secondary N) is 1. The molecule has 84 valence electrons. The maximum Gasteiger partial charge on any atom is 0.0476 e. The van der Waals surface area contributed by atoms with Crippen LogP contribution in [-0.2, 0) is 4.74 Å². The lowest BCUT2D eigenvalue weighted by Crippen LogP contribution is -2.29. The van der Waals surface area contributed by atoms with Crippen molar-refractivity contribution in [3.05, 3.63) is 35.9 Å². The summed E-state index contributed by atoms with van der Waals surface area (Å²) in [6.45, 7) is 5.20. The summed E-state index contributed by atoms with van der Waals surface area (Å²) in [4.78, 5) is 0. The van der Waals surface area contributed by atoms with E-state index in [1.807, 2.05) is 6.07 Å². The quantitative estimate of drug-likeness (QED) is 0.774. The highest BCUT2D eigenvalue weighted by molar-refractivity contribution is 5.18. The lowest BCUT2D eigenvalue weighted by atomic mass is 10.1. The van der Waals surface area contributed by atoms with Gasteiger partial charge >= 0.3 is 0 Å². The molecule has 0 bridgehead atoms. The van der Waals surface area contributed by atoms with E-state index in [4.69, 9.17) is 4.74 Å². The van der Waals surface area contributed by atoms with Crippen molar-refractivity contribution in [1.82, 2.24) is 5.32 Å². The summed E-state index contributed by atoms with van der Waals surface area (Å²) >= 11 is 0. The molecule has 0 amide bonds. The zero-order valence-electron chi connectivity index (χ0n) is 9.86. The van der Waals surface area contributed by atoms with E-state index in [0.29, 0.717) is 12.1 Å². The fraction of sp³-hybridized carbons (Fsp3) is 0.538. The minimum absolute atomic E-state index is 0.401. The molecule has 0 spiro atoms. The summed E-state index contributed by atoms with van der Waals surface area (Å²) in [7, 11) is 1.74. The molecule has 1 N–H and O–H groups in total. The summed E-state index contributed by atoms with van der Waals surface area (Å²) in [5, 5.41) is 3.55. The molecule has 0 fully saturated rings. The SMILES string of the molecule is COCCC(C)N[C@H](C)c1ccccc1. The van der Waals surface area contributed by atoms with Gasteiger partial charge in [-0.2, -0.15) is 0 Å². The topological polar surface area (TPSA) is 21.3 Å². The zero-order valence-corrected chi connectivity index (χ0v) is 9.86. The van der Waals surface area contributed by atoms with Crippen LogP contribution in [0, 0.1) is 0 Å². The first-order valence-electron chi connectivity index (χ1n) is 5.54. The van der Waals surface area contributed by atoms with Gasteiger partial charge in [0.05, 0.1) is 0 Å². The highest BCUT2D eigenvalue weighted by Crippen LogP contribution is 2.12. The van der Waals surface area contributed by atoms with E-state index >= 15 is 0 Å². The molecule has 0 aromatic heterocycles. The second-order valence-electron chi connectivity index (χ2n) is 3.98. The fourth-order valence-electron chi connectivity index (χ4n) is 1.64. The van der Waals surface area contributed by atoms with Gasteiger partial charge in [0, 0.05) is 25.8 Å². The van der Waals surface area contributed by atoms with E-state index in [0.717, 1.165) is 13.0 Å². The third-order valence-corrected chi connectivity index (χ3v) is 2.59. The molecule has 0 heterocycles. The Morgan fingerprint density at radius 2 is 1.87 bits per heavy atom. The van der Waals surface area contributed by atoms with E-state index in [2.05, 4.69) is 43.4 Å².